The molecule has 0 spiro atoms. The molecule has 190 valence electrons. The Morgan fingerprint density at radius 1 is 1.14 bits per heavy atom. The molecule has 3 heterocycles. The highest BCUT2D eigenvalue weighted by Gasteiger charge is 2.32. The fourth-order valence-electron chi connectivity index (χ4n) is 4.35. The number of piperazine rings is 1. The number of carbonyl (C=O) groups excluding carboxylic acids is 2. The van der Waals surface area contributed by atoms with Crippen LogP contribution in [-0.2, 0) is 16.0 Å². The number of rotatable bonds is 9. The van der Waals surface area contributed by atoms with Crippen LogP contribution < -0.4 is 10.2 Å². The van der Waals surface area contributed by atoms with Gasteiger partial charge in [-0.1, -0.05) is 37.6 Å². The fraction of sp³-hybridized carbons (Fsp3) is 0.423. The molecule has 2 aromatic heterocycles. The first-order valence-corrected chi connectivity index (χ1v) is 12.6. The van der Waals surface area contributed by atoms with Crippen LogP contribution >= 0.6 is 11.6 Å². The summed E-state index contributed by atoms with van der Waals surface area (Å²) in [6.45, 7) is 6.26. The molecule has 1 unspecified atom stereocenters. The zero-order chi connectivity index (χ0) is 25.5. The molecule has 9 nitrogen and oxygen atoms in total. The number of amides is 2. The lowest BCUT2D eigenvalue weighted by atomic mass is 10.0. The van der Waals surface area contributed by atoms with E-state index < -0.39 is 0 Å². The summed E-state index contributed by atoms with van der Waals surface area (Å²) in [5.41, 5.74) is 1.11. The molecule has 3 aromatic rings. The van der Waals surface area contributed by atoms with E-state index in [-0.39, 0.29) is 30.2 Å². The van der Waals surface area contributed by atoms with Crippen LogP contribution in [0.2, 0.25) is 5.02 Å². The lowest BCUT2D eigenvalue weighted by Gasteiger charge is -2.42. The number of hydrogen-bond acceptors (Lipinski definition) is 6. The summed E-state index contributed by atoms with van der Waals surface area (Å²) >= 11 is 5.95. The second-order valence-corrected chi connectivity index (χ2v) is 9.86. The summed E-state index contributed by atoms with van der Waals surface area (Å²) in [6.07, 6.45) is 8.19. The normalized spacial score (nSPS) is 15.8. The minimum absolute atomic E-state index is 0.0546. The molecule has 0 saturated carbocycles. The highest BCUT2D eigenvalue weighted by Crippen LogP contribution is 2.23. The third-order valence-corrected chi connectivity index (χ3v) is 6.44. The largest absolute Gasteiger partial charge is 0.356 e. The number of carbonyl (C=O) groups is 2. The Hall–Kier alpha value is -3.46. The van der Waals surface area contributed by atoms with E-state index in [0.717, 1.165) is 17.8 Å². The number of hydrogen-bond donors (Lipinski definition) is 1. The van der Waals surface area contributed by atoms with Crippen molar-refractivity contribution in [1.29, 1.82) is 0 Å². The summed E-state index contributed by atoms with van der Waals surface area (Å²) in [4.78, 5) is 42.7. The average molecular weight is 510 g/mol. The first kappa shape index (κ1) is 25.6. The minimum atomic E-state index is -0.198. The number of aromatic nitrogens is 4. The van der Waals surface area contributed by atoms with Crippen LogP contribution in [0.15, 0.2) is 55.4 Å². The van der Waals surface area contributed by atoms with Gasteiger partial charge in [-0.3, -0.25) is 14.2 Å². The Balaban J connectivity index is 1.45. The molecule has 1 saturated heterocycles. The van der Waals surface area contributed by atoms with E-state index in [2.05, 4.69) is 25.2 Å². The van der Waals surface area contributed by atoms with Gasteiger partial charge >= 0.3 is 0 Å². The van der Waals surface area contributed by atoms with Crippen molar-refractivity contribution in [2.24, 2.45) is 5.92 Å². The fourth-order valence-corrected chi connectivity index (χ4v) is 4.48. The van der Waals surface area contributed by atoms with Gasteiger partial charge < -0.3 is 15.1 Å². The molecule has 1 aromatic carbocycles. The predicted octanol–water partition coefficient (Wildman–Crippen LogP) is 3.13. The second-order valence-electron chi connectivity index (χ2n) is 9.42. The summed E-state index contributed by atoms with van der Waals surface area (Å²) in [6, 6.07) is 9.31. The third kappa shape index (κ3) is 6.81. The van der Waals surface area contributed by atoms with Crippen molar-refractivity contribution < 1.29 is 9.59 Å². The van der Waals surface area contributed by atoms with Crippen LogP contribution in [0, 0.1) is 5.92 Å². The zero-order valence-corrected chi connectivity index (χ0v) is 21.4. The molecule has 4 rings (SSSR count). The number of anilines is 1. The van der Waals surface area contributed by atoms with Crippen molar-refractivity contribution in [1.82, 2.24) is 29.7 Å². The molecule has 1 atom stereocenters. The van der Waals surface area contributed by atoms with Crippen LogP contribution in [0.25, 0.3) is 5.82 Å². The van der Waals surface area contributed by atoms with E-state index in [1.165, 1.54) is 6.33 Å². The maximum atomic E-state index is 12.9. The molecule has 0 aliphatic carbocycles. The van der Waals surface area contributed by atoms with Gasteiger partial charge in [-0.05, 0) is 30.0 Å². The van der Waals surface area contributed by atoms with E-state index in [0.29, 0.717) is 43.4 Å². The van der Waals surface area contributed by atoms with Crippen molar-refractivity contribution in [2.45, 2.75) is 39.2 Å². The molecule has 1 aliphatic heterocycles. The smallest absolute Gasteiger partial charge is 0.222 e. The van der Waals surface area contributed by atoms with Crippen molar-refractivity contribution in [3.8, 4) is 5.82 Å². The van der Waals surface area contributed by atoms with E-state index >= 15 is 0 Å². The minimum Gasteiger partial charge on any atom is -0.356 e. The summed E-state index contributed by atoms with van der Waals surface area (Å²) in [7, 11) is 0. The molecule has 0 bridgehead atoms. The van der Waals surface area contributed by atoms with Gasteiger partial charge in [0.2, 0.25) is 11.8 Å². The van der Waals surface area contributed by atoms with Gasteiger partial charge in [0.05, 0.1) is 6.04 Å². The van der Waals surface area contributed by atoms with Gasteiger partial charge in [0, 0.05) is 62.5 Å². The van der Waals surface area contributed by atoms with Crippen LogP contribution in [0.4, 0.5) is 5.82 Å². The molecular formula is C26H32ClN7O2. The van der Waals surface area contributed by atoms with Gasteiger partial charge in [0.25, 0.3) is 0 Å². The number of halogens is 1. The van der Waals surface area contributed by atoms with E-state index in [4.69, 9.17) is 11.6 Å². The summed E-state index contributed by atoms with van der Waals surface area (Å²) in [5, 5.41) is 3.72. The summed E-state index contributed by atoms with van der Waals surface area (Å²) in [5.74, 6) is 1.77. The quantitative estimate of drug-likeness (QED) is 0.476. The van der Waals surface area contributed by atoms with Gasteiger partial charge in [-0.25, -0.2) is 15.0 Å². The Bertz CT molecular complexity index is 1150. The predicted molar refractivity (Wildman–Crippen MR) is 139 cm³/mol. The Morgan fingerprint density at radius 3 is 2.64 bits per heavy atom. The second kappa shape index (κ2) is 12.0. The summed E-state index contributed by atoms with van der Waals surface area (Å²) < 4.78 is 1.81. The van der Waals surface area contributed by atoms with Crippen molar-refractivity contribution in [3.05, 3.63) is 66.0 Å². The molecule has 2 amide bonds. The van der Waals surface area contributed by atoms with Gasteiger partial charge in [-0.15, -0.1) is 0 Å². The highest BCUT2D eigenvalue weighted by atomic mass is 35.5. The molecule has 1 N–H and O–H groups in total. The Labute approximate surface area is 216 Å². The molecule has 1 aliphatic rings. The van der Waals surface area contributed by atoms with Gasteiger partial charge in [0.1, 0.15) is 24.3 Å². The van der Waals surface area contributed by atoms with Crippen molar-refractivity contribution in [3.63, 3.8) is 0 Å². The maximum absolute atomic E-state index is 12.9. The number of imidazole rings is 1. The van der Waals surface area contributed by atoms with Gasteiger partial charge in [-0.2, -0.15) is 0 Å². The van der Waals surface area contributed by atoms with Crippen molar-refractivity contribution >= 4 is 29.2 Å². The standard InChI is InChI=1S/C26H32ClN7O2/c1-19(2)13-26(36)32-11-12-34(24-15-23(30-17-31-24)33-10-9-28-18-33)22(16-32)14-25(35)29-8-7-20-3-5-21(27)6-4-20/h3-6,9-10,15,17-19,22H,7-8,11-14,16H2,1-2H3,(H,29,35). The number of nitrogens with zero attached hydrogens (tertiary/aromatic N) is 6. The molecule has 1 fully saturated rings. The topological polar surface area (TPSA) is 96.2 Å². The van der Waals surface area contributed by atoms with Crippen LogP contribution in [-0.4, -0.2) is 68.5 Å². The van der Waals surface area contributed by atoms with Crippen LogP contribution in [0.1, 0.15) is 32.3 Å². The maximum Gasteiger partial charge on any atom is 0.222 e. The molecule has 36 heavy (non-hydrogen) atoms. The van der Waals surface area contributed by atoms with E-state index in [1.54, 1.807) is 12.5 Å². The molecule has 0 radical (unpaired) electrons. The van der Waals surface area contributed by atoms with Crippen LogP contribution in [0.3, 0.4) is 0 Å². The lowest BCUT2D eigenvalue weighted by Crippen LogP contribution is -2.56. The van der Waals surface area contributed by atoms with E-state index in [1.807, 2.05) is 59.8 Å². The van der Waals surface area contributed by atoms with Crippen molar-refractivity contribution in [2.75, 3.05) is 31.1 Å². The molecular weight excluding hydrogens is 478 g/mol. The average Bonchev–Trinajstić information content (AvgIpc) is 3.40. The number of benzene rings is 1. The van der Waals surface area contributed by atoms with Crippen LogP contribution in [0.5, 0.6) is 0 Å². The van der Waals surface area contributed by atoms with Gasteiger partial charge in [0.15, 0.2) is 0 Å². The SMILES string of the molecule is CC(C)CC(=O)N1CCN(c2cc(-n3ccnc3)ncn2)C(CC(=O)NCCc2ccc(Cl)cc2)C1. The first-order chi connectivity index (χ1) is 17.4. The zero-order valence-electron chi connectivity index (χ0n) is 20.7. The first-order valence-electron chi connectivity index (χ1n) is 12.2. The number of nitrogens with one attached hydrogen (secondary N) is 1. The Kier molecular flexibility index (Phi) is 8.53. The van der Waals surface area contributed by atoms with E-state index in [9.17, 15) is 9.59 Å². The third-order valence-electron chi connectivity index (χ3n) is 6.19. The lowest BCUT2D eigenvalue weighted by molar-refractivity contribution is -0.133. The highest BCUT2D eigenvalue weighted by molar-refractivity contribution is 6.30. The monoisotopic (exact) mass is 509 g/mol. The Morgan fingerprint density at radius 2 is 1.92 bits per heavy atom. The molecule has 10 heteroatoms.